The number of rotatable bonds is 6. The van der Waals surface area contributed by atoms with Gasteiger partial charge in [-0.05, 0) is 30.2 Å². The maximum Gasteiger partial charge on any atom is 0.248 e. The molecule has 2 aromatic carbocycles. The molecule has 0 amide bonds. The first kappa shape index (κ1) is 21.0. The Balaban J connectivity index is 1.66. The summed E-state index contributed by atoms with van der Waals surface area (Å²) in [5.74, 6) is 0.831. The second kappa shape index (κ2) is 8.49. The molecule has 0 fully saturated rings. The van der Waals surface area contributed by atoms with Crippen LogP contribution in [0.2, 0.25) is 4.34 Å². The molecule has 2 aromatic heterocycles. The van der Waals surface area contributed by atoms with Crippen LogP contribution >= 0.6 is 34.3 Å². The van der Waals surface area contributed by atoms with E-state index in [-0.39, 0.29) is 4.21 Å². The van der Waals surface area contributed by atoms with Crippen molar-refractivity contribution in [2.75, 3.05) is 0 Å². The Morgan fingerprint density at radius 1 is 1.10 bits per heavy atom. The van der Waals surface area contributed by atoms with E-state index in [2.05, 4.69) is 4.98 Å². The first-order chi connectivity index (χ1) is 14.3. The topological polar surface area (TPSA) is 82.3 Å². The molecule has 154 valence electrons. The third-order valence-electron chi connectivity index (χ3n) is 4.43. The number of benzene rings is 2. The normalized spacial score (nSPS) is 11.6. The lowest BCUT2D eigenvalue weighted by molar-refractivity contribution is 0.304. The van der Waals surface area contributed by atoms with Gasteiger partial charge in [0.15, 0.2) is 0 Å². The van der Waals surface area contributed by atoms with Gasteiger partial charge in [-0.1, -0.05) is 54.1 Å². The van der Waals surface area contributed by atoms with Crippen LogP contribution in [0.3, 0.4) is 0 Å². The first-order valence-corrected chi connectivity index (χ1v) is 12.5. The third-order valence-corrected chi connectivity index (χ3v) is 8.05. The first-order valence-electron chi connectivity index (χ1n) is 8.87. The maximum absolute atomic E-state index is 11.9. The summed E-state index contributed by atoms with van der Waals surface area (Å²) in [6.07, 6.45) is 0. The highest BCUT2D eigenvalue weighted by Gasteiger charge is 2.22. The van der Waals surface area contributed by atoms with Crippen molar-refractivity contribution in [2.45, 2.75) is 17.7 Å². The van der Waals surface area contributed by atoms with E-state index < -0.39 is 10.0 Å². The highest BCUT2D eigenvalue weighted by atomic mass is 35.5. The van der Waals surface area contributed by atoms with Crippen LogP contribution in [0.15, 0.2) is 64.2 Å². The number of primary sulfonamides is 1. The van der Waals surface area contributed by atoms with Gasteiger partial charge >= 0.3 is 0 Å². The van der Waals surface area contributed by atoms with Gasteiger partial charge in [-0.3, -0.25) is 0 Å². The number of thiophene rings is 1. The number of halogens is 1. The zero-order valence-electron chi connectivity index (χ0n) is 15.8. The van der Waals surface area contributed by atoms with Crippen LogP contribution in [0.25, 0.3) is 21.8 Å². The number of hydrogen-bond acceptors (Lipinski definition) is 6. The summed E-state index contributed by atoms with van der Waals surface area (Å²) < 4.78 is 30.2. The van der Waals surface area contributed by atoms with Crippen LogP contribution in [-0.4, -0.2) is 13.4 Å². The van der Waals surface area contributed by atoms with Crippen molar-refractivity contribution < 1.29 is 13.2 Å². The summed E-state index contributed by atoms with van der Waals surface area (Å²) in [5, 5.41) is 7.91. The van der Waals surface area contributed by atoms with Crippen molar-refractivity contribution in [1.29, 1.82) is 0 Å². The summed E-state index contributed by atoms with van der Waals surface area (Å²) in [4.78, 5) is 4.66. The summed E-state index contributed by atoms with van der Waals surface area (Å²) in [5.41, 5.74) is 3.93. The molecule has 2 heterocycles. The van der Waals surface area contributed by atoms with E-state index >= 15 is 0 Å². The molecular weight excluding hydrogens is 460 g/mol. The Hall–Kier alpha value is -2.23. The Morgan fingerprint density at radius 3 is 2.60 bits per heavy atom. The Labute approximate surface area is 187 Å². The largest absolute Gasteiger partial charge is 0.489 e. The molecule has 0 saturated heterocycles. The maximum atomic E-state index is 11.9. The predicted molar refractivity (Wildman–Crippen MR) is 123 cm³/mol. The number of hydrogen-bond donors (Lipinski definition) is 1. The number of sulfonamides is 1. The Kier molecular flexibility index (Phi) is 5.95. The van der Waals surface area contributed by atoms with E-state index in [0.717, 1.165) is 38.8 Å². The highest BCUT2D eigenvalue weighted by molar-refractivity contribution is 7.91. The van der Waals surface area contributed by atoms with Crippen LogP contribution in [-0.2, 0) is 16.6 Å². The smallest absolute Gasteiger partial charge is 0.248 e. The average molecular weight is 477 g/mol. The van der Waals surface area contributed by atoms with E-state index in [1.54, 1.807) is 11.4 Å². The lowest BCUT2D eigenvalue weighted by atomic mass is 10.1. The van der Waals surface area contributed by atoms with Crippen LogP contribution in [0.4, 0.5) is 0 Å². The standard InChI is InChI=1S/C21H17ClN2O3S3/c1-13-6-2-5-9-18(13)27-11-14-7-3-4-8-15(14)20-24-17(12-28-20)16-10-19(22)29-21(16)30(23,25)26/h2-10,12H,11H2,1H3,(H2,23,25,26). The van der Waals surface area contributed by atoms with Gasteiger partial charge in [0.1, 0.15) is 21.6 Å². The van der Waals surface area contributed by atoms with Gasteiger partial charge < -0.3 is 4.74 Å². The molecule has 0 spiro atoms. The highest BCUT2D eigenvalue weighted by Crippen LogP contribution is 2.39. The molecule has 9 heteroatoms. The van der Waals surface area contributed by atoms with E-state index in [1.807, 2.05) is 55.5 Å². The number of para-hydroxylation sites is 1. The van der Waals surface area contributed by atoms with Crippen molar-refractivity contribution in [3.8, 4) is 27.6 Å². The van der Waals surface area contributed by atoms with Gasteiger partial charge in [-0.2, -0.15) is 0 Å². The molecule has 0 aliphatic heterocycles. The average Bonchev–Trinajstić information content (AvgIpc) is 3.34. The summed E-state index contributed by atoms with van der Waals surface area (Å²) in [6.45, 7) is 2.39. The minimum absolute atomic E-state index is 0.0144. The molecule has 4 rings (SSSR count). The third kappa shape index (κ3) is 4.43. The van der Waals surface area contributed by atoms with Gasteiger partial charge in [-0.15, -0.1) is 22.7 Å². The minimum Gasteiger partial charge on any atom is -0.489 e. The predicted octanol–water partition coefficient (Wildman–Crippen LogP) is 5.73. The Morgan fingerprint density at radius 2 is 1.83 bits per heavy atom. The summed E-state index contributed by atoms with van der Waals surface area (Å²) >= 11 is 8.39. The SMILES string of the molecule is Cc1ccccc1OCc1ccccc1-c1nc(-c2cc(Cl)sc2S(N)(=O)=O)cs1. The number of nitrogens with two attached hydrogens (primary N) is 1. The molecule has 30 heavy (non-hydrogen) atoms. The second-order valence-electron chi connectivity index (χ2n) is 6.55. The molecule has 0 aliphatic carbocycles. The number of nitrogens with zero attached hydrogens (tertiary/aromatic N) is 1. The lowest BCUT2D eigenvalue weighted by Crippen LogP contribution is -2.11. The van der Waals surface area contributed by atoms with Gasteiger partial charge in [-0.25, -0.2) is 18.5 Å². The molecule has 0 saturated carbocycles. The number of aromatic nitrogens is 1. The molecule has 4 aromatic rings. The van der Waals surface area contributed by atoms with Crippen LogP contribution in [0.5, 0.6) is 5.75 Å². The van der Waals surface area contributed by atoms with Crippen LogP contribution < -0.4 is 9.88 Å². The molecule has 0 atom stereocenters. The molecular formula is C21H17ClN2O3S3. The zero-order valence-corrected chi connectivity index (χ0v) is 19.0. The van der Waals surface area contributed by atoms with Gasteiger partial charge in [0.2, 0.25) is 10.0 Å². The Bertz CT molecular complexity index is 1310. The molecule has 2 N–H and O–H groups in total. The monoisotopic (exact) mass is 476 g/mol. The number of aryl methyl sites for hydroxylation is 1. The van der Waals surface area contributed by atoms with Crippen LogP contribution in [0.1, 0.15) is 11.1 Å². The van der Waals surface area contributed by atoms with Crippen molar-refractivity contribution >= 4 is 44.3 Å². The van der Waals surface area contributed by atoms with Crippen molar-refractivity contribution in [1.82, 2.24) is 4.98 Å². The molecule has 0 bridgehead atoms. The fraction of sp³-hybridized carbons (Fsp3) is 0.0952. The summed E-state index contributed by atoms with van der Waals surface area (Å²) in [7, 11) is -3.89. The van der Waals surface area contributed by atoms with Gasteiger partial charge in [0.05, 0.1) is 10.0 Å². The zero-order chi connectivity index (χ0) is 21.3. The quantitative estimate of drug-likeness (QED) is 0.385. The van der Waals surface area contributed by atoms with E-state index in [1.165, 1.54) is 11.3 Å². The van der Waals surface area contributed by atoms with Crippen molar-refractivity contribution in [3.63, 3.8) is 0 Å². The van der Waals surface area contributed by atoms with Crippen molar-refractivity contribution in [3.05, 3.63) is 75.4 Å². The lowest BCUT2D eigenvalue weighted by Gasteiger charge is -2.11. The van der Waals surface area contributed by atoms with Crippen molar-refractivity contribution in [2.24, 2.45) is 5.14 Å². The number of ether oxygens (including phenoxy) is 1. The van der Waals surface area contributed by atoms with Crippen LogP contribution in [0, 0.1) is 6.92 Å². The van der Waals surface area contributed by atoms with E-state index in [9.17, 15) is 8.42 Å². The number of thiazole rings is 1. The second-order valence-corrected chi connectivity index (χ2v) is 10.8. The molecule has 0 radical (unpaired) electrons. The van der Waals surface area contributed by atoms with Gasteiger partial charge in [0.25, 0.3) is 0 Å². The summed E-state index contributed by atoms with van der Waals surface area (Å²) in [6, 6.07) is 17.3. The fourth-order valence-corrected chi connectivity index (χ4v) is 6.17. The van der Waals surface area contributed by atoms with Gasteiger partial charge in [0, 0.05) is 16.5 Å². The van der Waals surface area contributed by atoms with E-state index in [0.29, 0.717) is 22.2 Å². The molecule has 0 aliphatic rings. The molecule has 5 nitrogen and oxygen atoms in total. The fourth-order valence-electron chi connectivity index (χ4n) is 2.99. The van der Waals surface area contributed by atoms with E-state index in [4.69, 9.17) is 21.5 Å². The molecule has 0 unspecified atom stereocenters. The minimum atomic E-state index is -3.89.